The molecule has 3 aromatic rings. The number of amides is 1. The summed E-state index contributed by atoms with van der Waals surface area (Å²) in [6.45, 7) is 2.19. The average molecular weight is 361 g/mol. The second-order valence-electron chi connectivity index (χ2n) is 6.89. The largest absolute Gasteiger partial charge is 0.508 e. The SMILES string of the molecule is O=C1CCCCN1CCn1cnc(-c2ccccc2)c1-c1cccc(O)c1. The number of aromatic nitrogens is 2. The molecule has 1 amide bonds. The minimum atomic E-state index is 0.227. The Morgan fingerprint density at radius 3 is 2.56 bits per heavy atom. The Bertz CT molecular complexity index is 934. The summed E-state index contributed by atoms with van der Waals surface area (Å²) in [5, 5.41) is 9.95. The molecule has 0 aliphatic carbocycles. The molecule has 0 bridgehead atoms. The van der Waals surface area contributed by atoms with Crippen molar-refractivity contribution in [1.29, 1.82) is 0 Å². The summed E-state index contributed by atoms with van der Waals surface area (Å²) in [5.74, 6) is 0.467. The molecule has 1 aliphatic heterocycles. The lowest BCUT2D eigenvalue weighted by atomic mass is 10.0. The minimum Gasteiger partial charge on any atom is -0.508 e. The Balaban J connectivity index is 1.69. The highest BCUT2D eigenvalue weighted by molar-refractivity contribution is 5.79. The van der Waals surface area contributed by atoms with Crippen LogP contribution in [0.15, 0.2) is 60.9 Å². The maximum atomic E-state index is 12.1. The molecule has 5 heteroatoms. The van der Waals surface area contributed by atoms with Gasteiger partial charge in [-0.25, -0.2) is 4.98 Å². The molecule has 5 nitrogen and oxygen atoms in total. The number of nitrogens with zero attached hydrogens (tertiary/aromatic N) is 3. The molecule has 27 heavy (non-hydrogen) atoms. The van der Waals surface area contributed by atoms with Gasteiger partial charge in [0.15, 0.2) is 0 Å². The zero-order chi connectivity index (χ0) is 18.6. The van der Waals surface area contributed by atoms with Crippen molar-refractivity contribution in [3.63, 3.8) is 0 Å². The molecule has 1 aliphatic rings. The molecular weight excluding hydrogens is 338 g/mol. The summed E-state index contributed by atoms with van der Waals surface area (Å²) in [6, 6.07) is 17.3. The van der Waals surface area contributed by atoms with Crippen LogP contribution < -0.4 is 0 Å². The molecule has 0 unspecified atom stereocenters. The summed E-state index contributed by atoms with van der Waals surface area (Å²) < 4.78 is 2.08. The summed E-state index contributed by atoms with van der Waals surface area (Å²) in [5.41, 5.74) is 3.78. The summed E-state index contributed by atoms with van der Waals surface area (Å²) in [4.78, 5) is 18.7. The molecule has 0 spiro atoms. The van der Waals surface area contributed by atoms with Gasteiger partial charge in [0.1, 0.15) is 5.75 Å². The van der Waals surface area contributed by atoms with Crippen LogP contribution >= 0.6 is 0 Å². The van der Waals surface area contributed by atoms with E-state index in [9.17, 15) is 9.90 Å². The highest BCUT2D eigenvalue weighted by Gasteiger charge is 2.20. The van der Waals surface area contributed by atoms with E-state index in [0.29, 0.717) is 19.5 Å². The molecule has 1 fully saturated rings. The molecule has 0 saturated carbocycles. The molecule has 138 valence electrons. The first-order valence-electron chi connectivity index (χ1n) is 9.40. The van der Waals surface area contributed by atoms with Gasteiger partial charge in [-0.2, -0.15) is 0 Å². The van der Waals surface area contributed by atoms with Crippen LogP contribution in [0.2, 0.25) is 0 Å². The maximum absolute atomic E-state index is 12.1. The number of phenols is 1. The lowest BCUT2D eigenvalue weighted by molar-refractivity contribution is -0.133. The molecular formula is C22H23N3O2. The average Bonchev–Trinajstić information content (AvgIpc) is 3.12. The van der Waals surface area contributed by atoms with Gasteiger partial charge in [-0.1, -0.05) is 42.5 Å². The van der Waals surface area contributed by atoms with Gasteiger partial charge in [0.2, 0.25) is 5.91 Å². The second-order valence-corrected chi connectivity index (χ2v) is 6.89. The molecule has 0 atom stereocenters. The zero-order valence-electron chi connectivity index (χ0n) is 15.2. The monoisotopic (exact) mass is 361 g/mol. The Kier molecular flexibility index (Phi) is 4.92. The third kappa shape index (κ3) is 3.72. The summed E-state index contributed by atoms with van der Waals surface area (Å²) in [6.07, 6.45) is 4.55. The van der Waals surface area contributed by atoms with Crippen LogP contribution in [-0.4, -0.2) is 38.6 Å². The maximum Gasteiger partial charge on any atom is 0.222 e. The van der Waals surface area contributed by atoms with Crippen LogP contribution in [0.4, 0.5) is 0 Å². The molecule has 2 heterocycles. The van der Waals surface area contributed by atoms with Gasteiger partial charge in [0.25, 0.3) is 0 Å². The fourth-order valence-electron chi connectivity index (χ4n) is 3.64. The number of piperidine rings is 1. The Morgan fingerprint density at radius 2 is 1.78 bits per heavy atom. The number of rotatable bonds is 5. The number of phenolic OH excluding ortho intramolecular Hbond substituents is 1. The number of benzene rings is 2. The van der Waals surface area contributed by atoms with E-state index >= 15 is 0 Å². The van der Waals surface area contributed by atoms with Crippen molar-refractivity contribution in [1.82, 2.24) is 14.5 Å². The highest BCUT2D eigenvalue weighted by atomic mass is 16.3. The van der Waals surface area contributed by atoms with Crippen LogP contribution in [0.5, 0.6) is 5.75 Å². The molecule has 2 aromatic carbocycles. The summed E-state index contributed by atoms with van der Waals surface area (Å²) in [7, 11) is 0. The van der Waals surface area contributed by atoms with E-state index in [1.54, 1.807) is 12.1 Å². The second kappa shape index (κ2) is 7.66. The van der Waals surface area contributed by atoms with Crippen molar-refractivity contribution >= 4 is 5.91 Å². The predicted octanol–water partition coefficient (Wildman–Crippen LogP) is 3.94. The van der Waals surface area contributed by atoms with Gasteiger partial charge in [0.05, 0.1) is 17.7 Å². The van der Waals surface area contributed by atoms with E-state index in [1.807, 2.05) is 53.7 Å². The first-order chi connectivity index (χ1) is 13.2. The number of hydrogen-bond acceptors (Lipinski definition) is 3. The van der Waals surface area contributed by atoms with Crippen LogP contribution in [-0.2, 0) is 11.3 Å². The van der Waals surface area contributed by atoms with Gasteiger partial charge in [-0.3, -0.25) is 4.79 Å². The molecule has 1 aromatic heterocycles. The third-order valence-electron chi connectivity index (χ3n) is 5.04. The van der Waals surface area contributed by atoms with Crippen molar-refractivity contribution in [3.8, 4) is 28.3 Å². The standard InChI is InChI=1S/C22H23N3O2/c26-19-10-6-9-18(15-19)22-21(17-7-2-1-3-8-17)23-16-25(22)14-13-24-12-5-4-11-20(24)27/h1-3,6-10,15-16,26H,4-5,11-14H2. The fraction of sp³-hybridized carbons (Fsp3) is 0.273. The van der Waals surface area contributed by atoms with Crippen molar-refractivity contribution in [2.45, 2.75) is 25.8 Å². The van der Waals surface area contributed by atoms with E-state index in [1.165, 1.54) is 0 Å². The van der Waals surface area contributed by atoms with E-state index in [4.69, 9.17) is 0 Å². The highest BCUT2D eigenvalue weighted by Crippen LogP contribution is 2.32. The number of aromatic hydroxyl groups is 1. The van der Waals surface area contributed by atoms with Crippen LogP contribution in [0.1, 0.15) is 19.3 Å². The van der Waals surface area contributed by atoms with Crippen LogP contribution in [0, 0.1) is 0 Å². The summed E-state index contributed by atoms with van der Waals surface area (Å²) >= 11 is 0. The number of carbonyl (C=O) groups excluding carboxylic acids is 1. The number of imidazole rings is 1. The predicted molar refractivity (Wildman–Crippen MR) is 105 cm³/mol. The molecule has 1 saturated heterocycles. The van der Waals surface area contributed by atoms with Crippen molar-refractivity contribution in [3.05, 3.63) is 60.9 Å². The van der Waals surface area contributed by atoms with Crippen LogP contribution in [0.3, 0.4) is 0 Å². The number of likely N-dealkylation sites (tertiary alicyclic amines) is 1. The smallest absolute Gasteiger partial charge is 0.222 e. The Hall–Kier alpha value is -3.08. The van der Waals surface area contributed by atoms with Gasteiger partial charge in [0, 0.05) is 37.2 Å². The van der Waals surface area contributed by atoms with Crippen molar-refractivity contribution < 1.29 is 9.90 Å². The van der Waals surface area contributed by atoms with E-state index < -0.39 is 0 Å². The quantitative estimate of drug-likeness (QED) is 0.749. The molecule has 4 rings (SSSR count). The Morgan fingerprint density at radius 1 is 0.963 bits per heavy atom. The van der Waals surface area contributed by atoms with Crippen molar-refractivity contribution in [2.75, 3.05) is 13.1 Å². The van der Waals surface area contributed by atoms with Gasteiger partial charge in [-0.15, -0.1) is 0 Å². The number of hydrogen-bond donors (Lipinski definition) is 1. The van der Waals surface area contributed by atoms with E-state index in [0.717, 1.165) is 41.9 Å². The zero-order valence-corrected chi connectivity index (χ0v) is 15.2. The normalized spacial score (nSPS) is 14.5. The molecule has 1 N–H and O–H groups in total. The van der Waals surface area contributed by atoms with Gasteiger partial charge >= 0.3 is 0 Å². The van der Waals surface area contributed by atoms with Gasteiger partial charge < -0.3 is 14.6 Å². The first-order valence-corrected chi connectivity index (χ1v) is 9.40. The minimum absolute atomic E-state index is 0.227. The number of carbonyl (C=O) groups is 1. The van der Waals surface area contributed by atoms with E-state index in [-0.39, 0.29) is 11.7 Å². The third-order valence-corrected chi connectivity index (χ3v) is 5.04. The van der Waals surface area contributed by atoms with Crippen molar-refractivity contribution in [2.24, 2.45) is 0 Å². The van der Waals surface area contributed by atoms with E-state index in [2.05, 4.69) is 9.55 Å². The van der Waals surface area contributed by atoms with Gasteiger partial charge in [-0.05, 0) is 25.0 Å². The fourth-order valence-corrected chi connectivity index (χ4v) is 3.64. The topological polar surface area (TPSA) is 58.4 Å². The first kappa shape index (κ1) is 17.3. The molecule has 0 radical (unpaired) electrons. The van der Waals surface area contributed by atoms with Crippen LogP contribution in [0.25, 0.3) is 22.5 Å². The Labute approximate surface area is 158 Å². The lowest BCUT2D eigenvalue weighted by Crippen LogP contribution is -2.37. The lowest BCUT2D eigenvalue weighted by Gasteiger charge is -2.27.